The molecule has 7 heteroatoms. The molecule has 0 unspecified atom stereocenters. The van der Waals surface area contributed by atoms with E-state index in [-0.39, 0.29) is 0 Å². The van der Waals surface area contributed by atoms with Gasteiger partial charge in [0.25, 0.3) is 0 Å². The molecule has 4 aliphatic rings. The number of carbonyl (C=O) groups excluding carboxylic acids is 2. The summed E-state index contributed by atoms with van der Waals surface area (Å²) in [5, 5.41) is 10.9. The molecule has 3 saturated carbocycles. The van der Waals surface area contributed by atoms with Crippen molar-refractivity contribution in [3.63, 3.8) is 0 Å². The maximum atomic E-state index is 12.6. The van der Waals surface area contributed by atoms with Crippen LogP contribution in [0, 0.1) is 35.0 Å². The number of fused-ring (bicyclic) bond motifs is 3. The summed E-state index contributed by atoms with van der Waals surface area (Å²) in [4.78, 5) is 24.7. The van der Waals surface area contributed by atoms with E-state index in [0.717, 1.165) is 19.3 Å². The van der Waals surface area contributed by atoms with Crippen molar-refractivity contribution < 1.29 is 33.6 Å². The number of rotatable bonds is 5. The van der Waals surface area contributed by atoms with E-state index in [4.69, 9.17) is 18.9 Å². The van der Waals surface area contributed by atoms with Gasteiger partial charge in [-0.1, -0.05) is 33.3 Å². The first-order chi connectivity index (χ1) is 16.3. The minimum atomic E-state index is -1.15. The van der Waals surface area contributed by atoms with Gasteiger partial charge in [0.2, 0.25) is 0 Å². The van der Waals surface area contributed by atoms with E-state index < -0.39 is 48.2 Å². The van der Waals surface area contributed by atoms with Crippen molar-refractivity contribution in [1.29, 1.82) is 0 Å². The van der Waals surface area contributed by atoms with Crippen molar-refractivity contribution in [2.75, 3.05) is 0 Å². The molecule has 0 aromatic carbocycles. The third-order valence-electron chi connectivity index (χ3n) is 9.79. The Kier molecular flexibility index (Phi) is 7.19. The lowest BCUT2D eigenvalue weighted by Crippen LogP contribution is -2.62. The molecule has 1 aliphatic heterocycles. The predicted molar refractivity (Wildman–Crippen MR) is 130 cm³/mol. The first kappa shape index (κ1) is 26.6. The largest absolute Gasteiger partial charge is 0.453 e. The van der Waals surface area contributed by atoms with Crippen LogP contribution in [0.2, 0.25) is 0 Å². The van der Waals surface area contributed by atoms with Gasteiger partial charge in [-0.15, -0.1) is 0 Å². The van der Waals surface area contributed by atoms with Crippen LogP contribution in [-0.2, 0) is 28.5 Å². The minimum absolute atomic E-state index is 0.379. The highest BCUT2D eigenvalue weighted by Crippen LogP contribution is 2.71. The first-order valence-electron chi connectivity index (χ1n) is 13.3. The van der Waals surface area contributed by atoms with Gasteiger partial charge in [0.05, 0.1) is 11.7 Å². The zero-order chi connectivity index (χ0) is 25.9. The van der Waals surface area contributed by atoms with Crippen LogP contribution in [0.3, 0.4) is 0 Å². The minimum Gasteiger partial charge on any atom is -0.453 e. The molecular formula is C28H44O7. The molecule has 0 amide bonds. The highest BCUT2D eigenvalue weighted by Gasteiger charge is 2.67. The molecule has 0 aromatic heterocycles. The van der Waals surface area contributed by atoms with E-state index in [0.29, 0.717) is 40.6 Å². The third kappa shape index (κ3) is 4.69. The van der Waals surface area contributed by atoms with Crippen LogP contribution < -0.4 is 0 Å². The topological polar surface area (TPSA) is 91.3 Å². The summed E-state index contributed by atoms with van der Waals surface area (Å²) in [6.07, 6.45) is 1.03. The maximum Gasteiger partial charge on any atom is 0.333 e. The molecule has 0 spiro atoms. The molecule has 1 N–H and O–H groups in total. The van der Waals surface area contributed by atoms with E-state index in [1.165, 1.54) is 13.3 Å². The maximum absolute atomic E-state index is 12.6. The van der Waals surface area contributed by atoms with Gasteiger partial charge < -0.3 is 24.1 Å². The van der Waals surface area contributed by atoms with Crippen molar-refractivity contribution >= 4 is 11.9 Å². The van der Waals surface area contributed by atoms with Crippen LogP contribution in [0.5, 0.6) is 0 Å². The Morgan fingerprint density at radius 2 is 1.69 bits per heavy atom. The summed E-state index contributed by atoms with van der Waals surface area (Å²) in [7, 11) is 0. The highest BCUT2D eigenvalue weighted by molar-refractivity contribution is 5.87. The molecular weight excluding hydrogens is 448 g/mol. The Hall–Kier alpha value is -1.44. The molecule has 0 radical (unpaired) electrons. The van der Waals surface area contributed by atoms with Gasteiger partial charge in [-0.2, -0.15) is 0 Å². The average molecular weight is 493 g/mol. The van der Waals surface area contributed by atoms with Crippen molar-refractivity contribution in [3.8, 4) is 0 Å². The van der Waals surface area contributed by atoms with Gasteiger partial charge in [-0.05, 0) is 82.0 Å². The fraction of sp³-hybridized carbons (Fsp3) is 0.857. The molecule has 1 saturated heterocycles. The Labute approximate surface area is 209 Å². The number of esters is 2. The zero-order valence-corrected chi connectivity index (χ0v) is 22.6. The molecule has 4 rings (SSSR count). The lowest BCUT2D eigenvalue weighted by molar-refractivity contribution is -0.329. The quantitative estimate of drug-likeness (QED) is 0.449. The number of carbonyl (C=O) groups is 2. The van der Waals surface area contributed by atoms with E-state index in [1.807, 2.05) is 0 Å². The van der Waals surface area contributed by atoms with Gasteiger partial charge >= 0.3 is 11.9 Å². The molecule has 35 heavy (non-hydrogen) atoms. The fourth-order valence-corrected chi connectivity index (χ4v) is 7.55. The fourth-order valence-electron chi connectivity index (χ4n) is 7.55. The lowest BCUT2D eigenvalue weighted by Gasteiger charge is -2.47. The summed E-state index contributed by atoms with van der Waals surface area (Å²) >= 11 is 0. The standard InChI is InChI=1S/C28H44O7/c1-9-14(2)25(31)34-23-22(30)16(4)32-26(24(23)33-17(5)29)35-28(8)13-12-19-21(27(19,6)7)20-15(3)10-11-18(20)28/h9,15-16,18-24,26,30H,10-13H2,1-8H3/b14-9-/t15-,16-,18+,19-,20-,21-,22+,23+,24-,26+,28+/m1/s1. The summed E-state index contributed by atoms with van der Waals surface area (Å²) in [6, 6.07) is 0. The van der Waals surface area contributed by atoms with E-state index in [1.54, 1.807) is 26.8 Å². The van der Waals surface area contributed by atoms with Gasteiger partial charge in [0.1, 0.15) is 6.10 Å². The molecule has 1 heterocycles. The number of ether oxygens (including phenoxy) is 4. The SMILES string of the molecule is C/C=C(/C)C(=O)O[C@H]1[C@@H](O)[C@@H](C)O[C@@H](O[C@@]2(C)CC[C@@H]3[C@H]([C@@H]4[C@H](C)CC[C@@H]42)C3(C)C)[C@@H]1OC(C)=O. The van der Waals surface area contributed by atoms with Gasteiger partial charge in [-0.3, -0.25) is 4.79 Å². The van der Waals surface area contributed by atoms with Crippen LogP contribution in [0.1, 0.15) is 81.1 Å². The van der Waals surface area contributed by atoms with E-state index in [9.17, 15) is 14.7 Å². The number of hydrogen-bond donors (Lipinski definition) is 1. The van der Waals surface area contributed by atoms with Gasteiger partial charge in [0.15, 0.2) is 18.5 Å². The first-order valence-corrected chi connectivity index (χ1v) is 13.3. The second-order valence-corrected chi connectivity index (χ2v) is 12.3. The Balaban J connectivity index is 1.62. The summed E-state index contributed by atoms with van der Waals surface area (Å²) < 4.78 is 24.2. The summed E-state index contributed by atoms with van der Waals surface area (Å²) in [5.74, 6) is 1.93. The summed E-state index contributed by atoms with van der Waals surface area (Å²) in [6.45, 7) is 15.8. The third-order valence-corrected chi connectivity index (χ3v) is 9.79. The van der Waals surface area contributed by atoms with Crippen molar-refractivity contribution in [1.82, 2.24) is 0 Å². The van der Waals surface area contributed by atoms with Crippen LogP contribution in [-0.4, -0.2) is 53.4 Å². The zero-order valence-electron chi connectivity index (χ0n) is 22.6. The second-order valence-electron chi connectivity index (χ2n) is 12.3. The van der Waals surface area contributed by atoms with E-state index >= 15 is 0 Å². The molecule has 11 atom stereocenters. The van der Waals surface area contributed by atoms with E-state index in [2.05, 4.69) is 27.7 Å². The van der Waals surface area contributed by atoms with Crippen LogP contribution >= 0.6 is 0 Å². The normalized spacial score (nSPS) is 46.7. The smallest absolute Gasteiger partial charge is 0.333 e. The van der Waals surface area contributed by atoms with Crippen molar-refractivity contribution in [2.45, 2.75) is 117 Å². The molecule has 3 aliphatic carbocycles. The van der Waals surface area contributed by atoms with Gasteiger partial charge in [-0.25, -0.2) is 4.79 Å². The number of allylic oxidation sites excluding steroid dienone is 1. The van der Waals surface area contributed by atoms with Crippen LogP contribution in [0.4, 0.5) is 0 Å². The second kappa shape index (κ2) is 9.46. The average Bonchev–Trinajstić information content (AvgIpc) is 3.16. The van der Waals surface area contributed by atoms with Crippen molar-refractivity contribution in [2.24, 2.45) is 35.0 Å². The predicted octanol–water partition coefficient (Wildman–Crippen LogP) is 4.41. The molecule has 4 fully saturated rings. The molecule has 7 nitrogen and oxygen atoms in total. The number of aliphatic hydroxyl groups is 1. The summed E-state index contributed by atoms with van der Waals surface area (Å²) in [5.41, 5.74) is 0.334. The van der Waals surface area contributed by atoms with Crippen LogP contribution in [0.25, 0.3) is 0 Å². The Morgan fingerprint density at radius 1 is 1.00 bits per heavy atom. The lowest BCUT2D eigenvalue weighted by atomic mass is 9.74. The molecule has 198 valence electrons. The van der Waals surface area contributed by atoms with Crippen molar-refractivity contribution in [3.05, 3.63) is 11.6 Å². The number of hydrogen-bond acceptors (Lipinski definition) is 7. The van der Waals surface area contributed by atoms with Gasteiger partial charge in [0, 0.05) is 12.5 Å². The monoisotopic (exact) mass is 492 g/mol. The molecule has 0 aromatic rings. The Morgan fingerprint density at radius 3 is 2.31 bits per heavy atom. The highest BCUT2D eigenvalue weighted by atomic mass is 16.7. The number of aliphatic hydroxyl groups excluding tert-OH is 1. The Bertz CT molecular complexity index is 865. The molecule has 0 bridgehead atoms. The van der Waals surface area contributed by atoms with Crippen LogP contribution in [0.15, 0.2) is 11.6 Å².